The van der Waals surface area contributed by atoms with Gasteiger partial charge in [-0.25, -0.2) is 4.98 Å². The van der Waals surface area contributed by atoms with Gasteiger partial charge in [0.25, 0.3) is 0 Å². The second-order valence-electron chi connectivity index (χ2n) is 16.0. The molecular weight excluding hydrogens is 866 g/mol. The molecule has 5 heteroatoms. The van der Waals surface area contributed by atoms with Crippen LogP contribution >= 0.6 is 0 Å². The molecule has 0 aliphatic heterocycles. The van der Waals surface area contributed by atoms with Gasteiger partial charge < -0.3 is 5.11 Å². The van der Waals surface area contributed by atoms with Gasteiger partial charge in [-0.05, 0) is 94.5 Å². The van der Waals surface area contributed by atoms with Crippen LogP contribution in [0.1, 0.15) is 122 Å². The van der Waals surface area contributed by atoms with Gasteiger partial charge in [-0.2, -0.15) is 0 Å². The number of hydrogen-bond donors (Lipinski definition) is 1. The predicted molar refractivity (Wildman–Crippen MR) is 231 cm³/mol. The van der Waals surface area contributed by atoms with Gasteiger partial charge in [0.15, 0.2) is 0 Å². The number of aromatic nitrogens is 3. The minimum atomic E-state index is -3.85. The van der Waals surface area contributed by atoms with Crippen molar-refractivity contribution in [3.63, 3.8) is 0 Å². The van der Waals surface area contributed by atoms with Crippen molar-refractivity contribution in [3.8, 4) is 56.3 Å². The van der Waals surface area contributed by atoms with Crippen molar-refractivity contribution in [2.45, 2.75) is 99.0 Å². The molecule has 0 atom stereocenters. The average molecular weight is 939 g/mol. The molecule has 0 bridgehead atoms. The fourth-order valence-corrected chi connectivity index (χ4v) is 6.52. The van der Waals surface area contributed by atoms with E-state index in [2.05, 4.69) is 11.1 Å². The van der Waals surface area contributed by atoms with E-state index >= 15 is 0 Å². The molecule has 2 heterocycles. The molecule has 1 N–H and O–H groups in total. The Balaban J connectivity index is 0.00000914. The molecule has 0 radical (unpaired) electrons. The molecule has 56 heavy (non-hydrogen) atoms. The monoisotopic (exact) mass is 939 g/mol. The Morgan fingerprint density at radius 1 is 0.696 bits per heavy atom. The van der Waals surface area contributed by atoms with E-state index in [0.717, 1.165) is 17.2 Å². The van der Waals surface area contributed by atoms with Gasteiger partial charge in [0.05, 0.1) is 27.8 Å². The summed E-state index contributed by atoms with van der Waals surface area (Å²) in [5.74, 6) is 0.0513. The van der Waals surface area contributed by atoms with Crippen LogP contribution in [-0.2, 0) is 37.3 Å². The first kappa shape index (κ1) is 22.8. The van der Waals surface area contributed by atoms with Crippen LogP contribution in [-0.4, -0.2) is 19.6 Å². The fraction of sp³-hybridized carbons (Fsp3) is 0.294. The third-order valence-electron chi connectivity index (χ3n) is 9.68. The summed E-state index contributed by atoms with van der Waals surface area (Å²) in [4.78, 5) is 9.80. The topological polar surface area (TPSA) is 50.9 Å². The Kier molecular flexibility index (Phi) is 6.09. The number of fused-ring (bicyclic) bond motifs is 1. The standard InChI is InChI=1S/C51H54N3O.Pt/c1-31-16-21-44(32(2)24-31)54-45-15-13-14-41(46(45)53-48(54)42-30-39(50(7,8)9)25-33(3)47(42)55)36-26-37(28-40(27-36)51(10,11)12)43-29-35(22-23-52-43)34-17-19-38(20-18-34)49(4,5)6;/h13-25,27-30,55H,1-12H3;/q-1;/i1D3,2D3,4D3,5D3,6D3,17D,18D,19D,20D;. The van der Waals surface area contributed by atoms with E-state index in [1.54, 1.807) is 35.8 Å². The van der Waals surface area contributed by atoms with E-state index in [4.69, 9.17) is 31.0 Å². The molecule has 7 aromatic rings. The van der Waals surface area contributed by atoms with Crippen LogP contribution in [0.15, 0.2) is 103 Å². The summed E-state index contributed by atoms with van der Waals surface area (Å²) in [5, 5.41) is 11.8. The van der Waals surface area contributed by atoms with Crippen molar-refractivity contribution >= 4 is 11.0 Å². The van der Waals surface area contributed by atoms with Gasteiger partial charge in [0.1, 0.15) is 11.6 Å². The summed E-state index contributed by atoms with van der Waals surface area (Å²) in [7, 11) is 0. The maximum atomic E-state index is 11.8. The predicted octanol–water partition coefficient (Wildman–Crippen LogP) is 13.4. The van der Waals surface area contributed by atoms with E-state index in [-0.39, 0.29) is 71.8 Å². The summed E-state index contributed by atoms with van der Waals surface area (Å²) in [6.07, 6.45) is 1.34. The number of hydrogen-bond acceptors (Lipinski definition) is 3. The third kappa shape index (κ3) is 7.91. The number of phenolic OH excluding ortho intramolecular Hbond substituents is 1. The largest absolute Gasteiger partial charge is 0.507 e. The molecule has 0 aliphatic rings. The summed E-state index contributed by atoms with van der Waals surface area (Å²) in [5.41, 5.74) is -1.97. The maximum Gasteiger partial charge on any atom is 0.148 e. The first-order valence-electron chi connectivity index (χ1n) is 27.3. The normalized spacial score (nSPS) is 18.3. The molecule has 0 saturated heterocycles. The van der Waals surface area contributed by atoms with Crippen LogP contribution in [0.25, 0.3) is 61.6 Å². The molecule has 0 amide bonds. The molecule has 2 aromatic heterocycles. The van der Waals surface area contributed by atoms with Gasteiger partial charge in [-0.15, -0.1) is 29.3 Å². The minimum Gasteiger partial charge on any atom is -0.507 e. The summed E-state index contributed by atoms with van der Waals surface area (Å²) in [6.45, 7) is -3.29. The zero-order valence-corrected chi connectivity index (χ0v) is 34.4. The molecule has 0 aliphatic carbocycles. The van der Waals surface area contributed by atoms with E-state index in [1.807, 2.05) is 59.7 Å². The number of imidazole rings is 1. The number of phenols is 1. The Morgan fingerprint density at radius 2 is 1.41 bits per heavy atom. The summed E-state index contributed by atoms with van der Waals surface area (Å²) < 4.78 is 162. The molecular formula is C51H54N3OPt-. The molecule has 5 aromatic carbocycles. The Bertz CT molecular complexity index is 3300. The van der Waals surface area contributed by atoms with E-state index in [9.17, 15) is 5.11 Å². The van der Waals surface area contributed by atoms with Crippen molar-refractivity contribution in [3.05, 3.63) is 143 Å². The molecule has 290 valence electrons. The number of aromatic hydroxyl groups is 1. The van der Waals surface area contributed by atoms with E-state index < -0.39 is 80.2 Å². The van der Waals surface area contributed by atoms with Gasteiger partial charge in [0, 0.05) is 53.5 Å². The molecule has 0 spiro atoms. The second-order valence-corrected chi connectivity index (χ2v) is 16.0. The number of benzene rings is 5. The van der Waals surface area contributed by atoms with Crippen LogP contribution in [0.3, 0.4) is 0 Å². The third-order valence-corrected chi connectivity index (χ3v) is 9.68. The van der Waals surface area contributed by atoms with Crippen LogP contribution in [0.2, 0.25) is 0 Å². The molecule has 4 nitrogen and oxygen atoms in total. The van der Waals surface area contributed by atoms with Crippen molar-refractivity contribution in [1.82, 2.24) is 14.5 Å². The van der Waals surface area contributed by atoms with Gasteiger partial charge in [0.2, 0.25) is 0 Å². The van der Waals surface area contributed by atoms with Gasteiger partial charge in [-0.3, -0.25) is 9.55 Å². The second kappa shape index (κ2) is 14.9. The van der Waals surface area contributed by atoms with Crippen LogP contribution in [0, 0.1) is 26.7 Å². The van der Waals surface area contributed by atoms with Crippen LogP contribution < -0.4 is 0 Å². The number of rotatable bonds is 5. The maximum absolute atomic E-state index is 11.8. The molecule has 7 rings (SSSR count). The molecule has 0 unspecified atom stereocenters. The summed E-state index contributed by atoms with van der Waals surface area (Å²) in [6, 6.07) is 18.8. The average Bonchev–Trinajstić information content (AvgIpc) is 3.64. The van der Waals surface area contributed by atoms with Crippen molar-refractivity contribution in [1.29, 1.82) is 0 Å². The molecule has 0 saturated carbocycles. The minimum absolute atomic E-state index is 0. The number of aryl methyl sites for hydroxylation is 3. The van der Waals surface area contributed by atoms with Gasteiger partial charge in [-0.1, -0.05) is 139 Å². The fourth-order valence-electron chi connectivity index (χ4n) is 6.52. The zero-order valence-electron chi connectivity index (χ0n) is 51.1. The van der Waals surface area contributed by atoms with E-state index in [1.165, 1.54) is 30.5 Å². The first-order chi connectivity index (χ1) is 33.6. The summed E-state index contributed by atoms with van der Waals surface area (Å²) >= 11 is 0. The van der Waals surface area contributed by atoms with Crippen molar-refractivity contribution in [2.24, 2.45) is 0 Å². The Labute approximate surface area is 375 Å². The smallest absolute Gasteiger partial charge is 0.148 e. The van der Waals surface area contributed by atoms with Crippen LogP contribution in [0.4, 0.5) is 0 Å². The van der Waals surface area contributed by atoms with Crippen LogP contribution in [0.5, 0.6) is 5.75 Å². The number of para-hydroxylation sites is 1. The van der Waals surface area contributed by atoms with Crippen molar-refractivity contribution in [2.75, 3.05) is 0 Å². The molecule has 0 fully saturated rings. The number of nitrogens with zero attached hydrogens (tertiary/aromatic N) is 3. The van der Waals surface area contributed by atoms with Gasteiger partial charge >= 0.3 is 0 Å². The van der Waals surface area contributed by atoms with E-state index in [0.29, 0.717) is 33.3 Å². The van der Waals surface area contributed by atoms with Crippen molar-refractivity contribution < 1.29 is 52.2 Å². The first-order valence-corrected chi connectivity index (χ1v) is 17.8. The Hall–Kier alpha value is -4.79. The quantitative estimate of drug-likeness (QED) is 0.175. The zero-order chi connectivity index (χ0) is 55.6. The number of pyridine rings is 1. The Morgan fingerprint density at radius 3 is 2.09 bits per heavy atom. The SMILES string of the molecule is [2H]c1c([2H])c(C(C([2H])([2H])[2H])(C([2H])([2H])[2H])C([2H])([2H])[2H])c([2H])c([2H])c1-c1ccnc(-c2[c-]c(-c3cccc4c3nc(-c3cc(C(C)(C)C)cc(C)c3O)n4-c3ccc(C([2H])([2H])[2H])cc3C([2H])([2H])[2H])cc(C(C)(C)C)c2)c1.[Pt].